The first kappa shape index (κ1) is 13.0. The van der Waals surface area contributed by atoms with Gasteiger partial charge in [-0.15, -0.1) is 0 Å². The number of nitrogens with one attached hydrogen (secondary N) is 2. The quantitative estimate of drug-likeness (QED) is 0.705. The summed E-state index contributed by atoms with van der Waals surface area (Å²) in [6.45, 7) is 3.44. The van der Waals surface area contributed by atoms with Gasteiger partial charge in [-0.3, -0.25) is 4.79 Å². The number of amides is 1. The van der Waals surface area contributed by atoms with Crippen molar-refractivity contribution in [1.82, 2.24) is 20.6 Å². The predicted molar refractivity (Wildman–Crippen MR) is 68.9 cm³/mol. The van der Waals surface area contributed by atoms with E-state index in [1.807, 2.05) is 13.0 Å². The van der Waals surface area contributed by atoms with Crippen LogP contribution in [-0.4, -0.2) is 28.5 Å². The third-order valence-electron chi connectivity index (χ3n) is 2.84. The topological polar surface area (TPSA) is 66.9 Å². The van der Waals surface area contributed by atoms with Crippen molar-refractivity contribution in [2.75, 3.05) is 6.54 Å². The number of aryl methyl sites for hydroxylation is 1. The molecule has 5 heteroatoms. The van der Waals surface area contributed by atoms with Gasteiger partial charge in [-0.25, -0.2) is 9.97 Å². The zero-order chi connectivity index (χ0) is 12.8. The molecule has 0 radical (unpaired) electrons. The predicted octanol–water partition coefficient (Wildman–Crippen LogP) is 0.933. The normalized spacial score (nSPS) is 14.5. The molecule has 0 spiro atoms. The number of aromatic nitrogens is 2. The summed E-state index contributed by atoms with van der Waals surface area (Å²) in [4.78, 5) is 19.8. The van der Waals surface area contributed by atoms with Crippen LogP contribution >= 0.6 is 0 Å². The Morgan fingerprint density at radius 1 is 1.50 bits per heavy atom. The van der Waals surface area contributed by atoms with Crippen LogP contribution in [-0.2, 0) is 11.3 Å². The van der Waals surface area contributed by atoms with Crippen LogP contribution in [0.15, 0.2) is 12.3 Å². The van der Waals surface area contributed by atoms with Crippen molar-refractivity contribution >= 4 is 5.91 Å². The lowest BCUT2D eigenvalue weighted by Gasteiger charge is -2.05. The molecule has 0 atom stereocenters. The van der Waals surface area contributed by atoms with Gasteiger partial charge in [-0.2, -0.15) is 0 Å². The lowest BCUT2D eigenvalue weighted by molar-refractivity contribution is -0.121. The maximum atomic E-state index is 11.4. The second-order valence-electron chi connectivity index (χ2n) is 4.72. The molecule has 98 valence electrons. The van der Waals surface area contributed by atoms with E-state index in [9.17, 15) is 4.79 Å². The number of rotatable bonds is 7. The van der Waals surface area contributed by atoms with Gasteiger partial charge >= 0.3 is 0 Å². The molecule has 1 aliphatic rings. The van der Waals surface area contributed by atoms with E-state index in [1.54, 1.807) is 6.20 Å². The van der Waals surface area contributed by atoms with Crippen molar-refractivity contribution in [3.63, 3.8) is 0 Å². The zero-order valence-electron chi connectivity index (χ0n) is 10.8. The summed E-state index contributed by atoms with van der Waals surface area (Å²) in [7, 11) is 0. The van der Waals surface area contributed by atoms with Crippen molar-refractivity contribution in [2.24, 2.45) is 0 Å². The van der Waals surface area contributed by atoms with Crippen LogP contribution in [0.1, 0.15) is 37.2 Å². The van der Waals surface area contributed by atoms with Crippen LogP contribution in [0.2, 0.25) is 0 Å². The molecule has 5 nitrogen and oxygen atoms in total. The molecule has 1 aromatic heterocycles. The largest absolute Gasteiger partial charge is 0.353 e. The summed E-state index contributed by atoms with van der Waals surface area (Å²) in [5.41, 5.74) is 0.991. The van der Waals surface area contributed by atoms with Crippen LogP contribution in [0, 0.1) is 6.92 Å². The third-order valence-corrected chi connectivity index (χ3v) is 2.84. The van der Waals surface area contributed by atoms with E-state index in [-0.39, 0.29) is 5.91 Å². The minimum absolute atomic E-state index is 0.178. The molecule has 1 amide bonds. The van der Waals surface area contributed by atoms with Gasteiger partial charge in [0.25, 0.3) is 0 Å². The van der Waals surface area contributed by atoms with Gasteiger partial charge in [0.05, 0.1) is 5.69 Å². The van der Waals surface area contributed by atoms with E-state index >= 15 is 0 Å². The SMILES string of the molecule is Cc1nccc(CNCCCC(=O)NC2CC2)n1. The molecular formula is C13H20N4O. The molecule has 0 aliphatic heterocycles. The van der Waals surface area contributed by atoms with Crippen LogP contribution < -0.4 is 10.6 Å². The summed E-state index contributed by atoms with van der Waals surface area (Å²) >= 11 is 0. The molecule has 18 heavy (non-hydrogen) atoms. The zero-order valence-corrected chi connectivity index (χ0v) is 10.8. The average molecular weight is 248 g/mol. The van der Waals surface area contributed by atoms with Gasteiger partial charge in [0.15, 0.2) is 0 Å². The number of nitrogens with zero attached hydrogens (tertiary/aromatic N) is 2. The highest BCUT2D eigenvalue weighted by Gasteiger charge is 2.22. The van der Waals surface area contributed by atoms with Crippen molar-refractivity contribution in [3.05, 3.63) is 23.8 Å². The molecule has 1 heterocycles. The van der Waals surface area contributed by atoms with E-state index in [4.69, 9.17) is 0 Å². The minimum atomic E-state index is 0.178. The van der Waals surface area contributed by atoms with Crippen LogP contribution in [0.5, 0.6) is 0 Å². The third kappa shape index (κ3) is 4.79. The summed E-state index contributed by atoms with van der Waals surface area (Å²) < 4.78 is 0. The second kappa shape index (κ2) is 6.44. The van der Waals surface area contributed by atoms with E-state index < -0.39 is 0 Å². The maximum absolute atomic E-state index is 11.4. The molecule has 0 saturated heterocycles. The second-order valence-corrected chi connectivity index (χ2v) is 4.72. The maximum Gasteiger partial charge on any atom is 0.220 e. The van der Waals surface area contributed by atoms with Crippen molar-refractivity contribution in [3.8, 4) is 0 Å². The Morgan fingerprint density at radius 2 is 2.33 bits per heavy atom. The summed E-state index contributed by atoms with van der Waals surface area (Å²) in [5.74, 6) is 0.968. The van der Waals surface area contributed by atoms with Gasteiger partial charge in [0.2, 0.25) is 5.91 Å². The van der Waals surface area contributed by atoms with Crippen LogP contribution in [0.3, 0.4) is 0 Å². The standard InChI is InChI=1S/C13H20N4O/c1-10-15-8-6-12(16-10)9-14-7-2-3-13(18)17-11-4-5-11/h6,8,11,14H,2-5,7,9H2,1H3,(H,17,18). The van der Waals surface area contributed by atoms with E-state index in [0.717, 1.165) is 43.9 Å². The Balaban J connectivity index is 1.54. The summed E-state index contributed by atoms with van der Waals surface area (Å²) in [5, 5.41) is 6.27. The van der Waals surface area contributed by atoms with Gasteiger partial charge in [0, 0.05) is 25.2 Å². The Kier molecular flexibility index (Phi) is 4.64. The summed E-state index contributed by atoms with van der Waals surface area (Å²) in [6.07, 6.45) is 5.53. The first-order valence-electron chi connectivity index (χ1n) is 6.52. The Bertz CT molecular complexity index is 404. The molecule has 1 fully saturated rings. The van der Waals surface area contributed by atoms with Gasteiger partial charge in [-0.1, -0.05) is 0 Å². The molecule has 1 aliphatic carbocycles. The molecule has 0 unspecified atom stereocenters. The van der Waals surface area contributed by atoms with Gasteiger partial charge in [0.1, 0.15) is 5.82 Å². The fraction of sp³-hybridized carbons (Fsp3) is 0.615. The number of carbonyl (C=O) groups excluding carboxylic acids is 1. The van der Waals surface area contributed by atoms with E-state index in [1.165, 1.54) is 0 Å². The Labute approximate surface area is 107 Å². The highest BCUT2D eigenvalue weighted by atomic mass is 16.1. The highest BCUT2D eigenvalue weighted by Crippen LogP contribution is 2.18. The molecule has 1 saturated carbocycles. The monoisotopic (exact) mass is 248 g/mol. The Morgan fingerprint density at radius 3 is 3.06 bits per heavy atom. The van der Waals surface area contributed by atoms with E-state index in [0.29, 0.717) is 12.5 Å². The fourth-order valence-corrected chi connectivity index (χ4v) is 1.72. The Hall–Kier alpha value is -1.49. The summed E-state index contributed by atoms with van der Waals surface area (Å²) in [6, 6.07) is 2.37. The fourth-order valence-electron chi connectivity index (χ4n) is 1.72. The number of carbonyl (C=O) groups is 1. The number of hydrogen-bond donors (Lipinski definition) is 2. The molecule has 1 aromatic rings. The highest BCUT2D eigenvalue weighted by molar-refractivity contribution is 5.76. The molecule has 2 rings (SSSR count). The molecule has 0 bridgehead atoms. The van der Waals surface area contributed by atoms with Gasteiger partial charge < -0.3 is 10.6 Å². The first-order valence-corrected chi connectivity index (χ1v) is 6.52. The average Bonchev–Trinajstić information content (AvgIpc) is 3.12. The van der Waals surface area contributed by atoms with Crippen molar-refractivity contribution in [2.45, 2.75) is 45.2 Å². The van der Waals surface area contributed by atoms with Gasteiger partial charge in [-0.05, 0) is 38.8 Å². The van der Waals surface area contributed by atoms with Crippen LogP contribution in [0.25, 0.3) is 0 Å². The minimum Gasteiger partial charge on any atom is -0.353 e. The molecule has 2 N–H and O–H groups in total. The van der Waals surface area contributed by atoms with Crippen molar-refractivity contribution < 1.29 is 4.79 Å². The lowest BCUT2D eigenvalue weighted by atomic mass is 10.3. The molecular weight excluding hydrogens is 228 g/mol. The van der Waals surface area contributed by atoms with E-state index in [2.05, 4.69) is 20.6 Å². The lowest BCUT2D eigenvalue weighted by Crippen LogP contribution is -2.26. The van der Waals surface area contributed by atoms with Crippen molar-refractivity contribution in [1.29, 1.82) is 0 Å². The number of hydrogen-bond acceptors (Lipinski definition) is 4. The first-order chi connectivity index (χ1) is 8.74. The molecule has 0 aromatic carbocycles. The smallest absolute Gasteiger partial charge is 0.220 e. The van der Waals surface area contributed by atoms with Crippen LogP contribution in [0.4, 0.5) is 0 Å².